The Morgan fingerprint density at radius 1 is 1.53 bits per heavy atom. The zero-order valence-corrected chi connectivity index (χ0v) is 10.2. The van der Waals surface area contributed by atoms with Crippen molar-refractivity contribution in [1.82, 2.24) is 0 Å². The Morgan fingerprint density at radius 2 is 2.24 bits per heavy atom. The summed E-state index contributed by atoms with van der Waals surface area (Å²) >= 11 is 5.87. The second-order valence-corrected chi connectivity index (χ2v) is 4.69. The quantitative estimate of drug-likeness (QED) is 0.860. The molecule has 2 unspecified atom stereocenters. The molecule has 0 bridgehead atoms. The molecule has 2 rings (SSSR count). The summed E-state index contributed by atoms with van der Waals surface area (Å²) in [6, 6.07) is 4.41. The molecule has 1 N–H and O–H groups in total. The molecule has 0 heterocycles. The van der Waals surface area contributed by atoms with Crippen LogP contribution in [0.1, 0.15) is 31.2 Å². The van der Waals surface area contributed by atoms with E-state index < -0.39 is 11.7 Å². The highest BCUT2D eigenvalue weighted by Gasteiger charge is 2.39. The lowest BCUT2D eigenvalue weighted by Gasteiger charge is -2.12. The molecule has 0 spiro atoms. The van der Waals surface area contributed by atoms with Crippen LogP contribution in [0, 0.1) is 17.1 Å². The molecule has 1 fully saturated rings. The van der Waals surface area contributed by atoms with Gasteiger partial charge in [-0.15, -0.1) is 0 Å². The number of ketones is 1. The number of benzene rings is 1. The maximum Gasteiger partial charge on any atom is 0.149 e. The second-order valence-electron chi connectivity index (χ2n) is 4.31. The molecule has 1 aliphatic rings. The van der Waals surface area contributed by atoms with Gasteiger partial charge in [0, 0.05) is 11.6 Å². The summed E-state index contributed by atoms with van der Waals surface area (Å²) in [5.41, 5.74) is 0.770. The molecule has 2 nitrogen and oxygen atoms in total. The van der Waals surface area contributed by atoms with Gasteiger partial charge in [0.15, 0.2) is 0 Å². The molecule has 1 saturated carbocycles. The normalized spacial score (nSPS) is 24.4. The van der Waals surface area contributed by atoms with Gasteiger partial charge in [-0.3, -0.25) is 4.79 Å². The van der Waals surface area contributed by atoms with E-state index in [0.29, 0.717) is 24.1 Å². The van der Waals surface area contributed by atoms with Gasteiger partial charge < -0.3 is 5.41 Å². The van der Waals surface area contributed by atoms with Crippen molar-refractivity contribution in [2.75, 3.05) is 0 Å². The summed E-state index contributed by atoms with van der Waals surface area (Å²) in [4.78, 5) is 12.1. The molecule has 1 aromatic carbocycles. The third kappa shape index (κ3) is 2.00. The van der Waals surface area contributed by atoms with Crippen LogP contribution in [0.25, 0.3) is 0 Å². The molecule has 0 aliphatic heterocycles. The van der Waals surface area contributed by atoms with Gasteiger partial charge in [0.2, 0.25) is 0 Å². The Morgan fingerprint density at radius 3 is 2.82 bits per heavy atom. The van der Waals surface area contributed by atoms with Gasteiger partial charge in [0.05, 0.1) is 10.9 Å². The van der Waals surface area contributed by atoms with Crippen LogP contribution >= 0.6 is 11.6 Å². The first-order chi connectivity index (χ1) is 8.06. The molecule has 2 atom stereocenters. The van der Waals surface area contributed by atoms with Gasteiger partial charge in [-0.1, -0.05) is 30.7 Å². The zero-order chi connectivity index (χ0) is 12.6. The summed E-state index contributed by atoms with van der Waals surface area (Å²) in [6.07, 6.45) is 1.18. The molecule has 0 saturated heterocycles. The predicted molar refractivity (Wildman–Crippen MR) is 65.3 cm³/mol. The van der Waals surface area contributed by atoms with Gasteiger partial charge in [-0.05, 0) is 24.5 Å². The Hall–Kier alpha value is -1.22. The molecule has 0 radical (unpaired) electrons. The monoisotopic (exact) mass is 253 g/mol. The zero-order valence-electron chi connectivity index (χ0n) is 9.47. The Kier molecular flexibility index (Phi) is 3.29. The number of carbonyl (C=O) groups excluding carboxylic acids is 1. The molecular weight excluding hydrogens is 241 g/mol. The van der Waals surface area contributed by atoms with Crippen molar-refractivity contribution in [3.63, 3.8) is 0 Å². The summed E-state index contributed by atoms with van der Waals surface area (Å²) < 4.78 is 13.4. The highest BCUT2D eigenvalue weighted by molar-refractivity contribution is 6.32. The summed E-state index contributed by atoms with van der Waals surface area (Å²) in [7, 11) is 0. The number of nitrogens with one attached hydrogen (secondary N) is 1. The number of hydrogen-bond donors (Lipinski definition) is 1. The molecule has 0 aromatic heterocycles. The van der Waals surface area contributed by atoms with Crippen LogP contribution in [0.2, 0.25) is 5.02 Å². The first kappa shape index (κ1) is 12.2. The van der Waals surface area contributed by atoms with E-state index in [-0.39, 0.29) is 16.7 Å². The Bertz CT molecular complexity index is 486. The Balaban J connectivity index is 2.44. The summed E-state index contributed by atoms with van der Waals surface area (Å²) in [6.45, 7) is 1.92. The van der Waals surface area contributed by atoms with Crippen molar-refractivity contribution in [2.45, 2.75) is 25.7 Å². The molecule has 1 aromatic rings. The lowest BCUT2D eigenvalue weighted by molar-refractivity contribution is -0.121. The van der Waals surface area contributed by atoms with Gasteiger partial charge in [-0.2, -0.15) is 0 Å². The molecule has 90 valence electrons. The number of halogens is 2. The van der Waals surface area contributed by atoms with Crippen LogP contribution in [-0.4, -0.2) is 11.5 Å². The second kappa shape index (κ2) is 4.57. The number of rotatable bonds is 2. The SMILES string of the molecule is CCC1CC(=N)C(c2cccc(F)c2Cl)C1=O. The van der Waals surface area contributed by atoms with E-state index in [1.807, 2.05) is 6.92 Å². The molecule has 17 heavy (non-hydrogen) atoms. The predicted octanol–water partition coefficient (Wildman–Crippen LogP) is 3.58. The first-order valence-corrected chi connectivity index (χ1v) is 5.99. The van der Waals surface area contributed by atoms with Crippen LogP contribution in [0.5, 0.6) is 0 Å². The van der Waals surface area contributed by atoms with E-state index >= 15 is 0 Å². The molecule has 0 amide bonds. The average Bonchev–Trinajstić information content (AvgIpc) is 2.58. The fourth-order valence-electron chi connectivity index (χ4n) is 2.32. The number of carbonyl (C=O) groups is 1. The first-order valence-electron chi connectivity index (χ1n) is 5.61. The van der Waals surface area contributed by atoms with Crippen LogP contribution in [-0.2, 0) is 4.79 Å². The van der Waals surface area contributed by atoms with Gasteiger partial charge in [-0.25, -0.2) is 4.39 Å². The van der Waals surface area contributed by atoms with Crippen LogP contribution < -0.4 is 0 Å². The summed E-state index contributed by atoms with van der Waals surface area (Å²) in [5, 5.41) is 7.84. The smallest absolute Gasteiger partial charge is 0.149 e. The third-order valence-corrected chi connectivity index (χ3v) is 3.69. The molecular formula is C13H13ClFNO. The van der Waals surface area contributed by atoms with E-state index in [2.05, 4.69) is 0 Å². The fraction of sp³-hybridized carbons (Fsp3) is 0.385. The largest absolute Gasteiger partial charge is 0.309 e. The van der Waals surface area contributed by atoms with Crippen molar-refractivity contribution in [1.29, 1.82) is 5.41 Å². The van der Waals surface area contributed by atoms with Crippen molar-refractivity contribution in [3.8, 4) is 0 Å². The minimum absolute atomic E-state index is 0.00926. The maximum atomic E-state index is 13.4. The minimum atomic E-state index is -0.650. The lowest BCUT2D eigenvalue weighted by atomic mass is 9.93. The van der Waals surface area contributed by atoms with E-state index in [0.717, 1.165) is 0 Å². The Labute approximate surface area is 104 Å². The van der Waals surface area contributed by atoms with Crippen molar-refractivity contribution in [3.05, 3.63) is 34.6 Å². The van der Waals surface area contributed by atoms with E-state index in [4.69, 9.17) is 17.0 Å². The van der Waals surface area contributed by atoms with Gasteiger partial charge in [0.25, 0.3) is 0 Å². The topological polar surface area (TPSA) is 40.9 Å². The minimum Gasteiger partial charge on any atom is -0.309 e. The van der Waals surface area contributed by atoms with Crippen molar-refractivity contribution < 1.29 is 9.18 Å². The maximum absolute atomic E-state index is 13.4. The molecule has 1 aliphatic carbocycles. The highest BCUT2D eigenvalue weighted by atomic mass is 35.5. The van der Waals surface area contributed by atoms with Crippen molar-refractivity contribution in [2.24, 2.45) is 5.92 Å². The average molecular weight is 254 g/mol. The third-order valence-electron chi connectivity index (χ3n) is 3.29. The lowest BCUT2D eigenvalue weighted by Crippen LogP contribution is -2.15. The number of Topliss-reactive ketones (excluding diaryl/α,β-unsaturated/α-hetero) is 1. The van der Waals surface area contributed by atoms with Crippen LogP contribution in [0.4, 0.5) is 4.39 Å². The van der Waals surface area contributed by atoms with E-state index in [9.17, 15) is 9.18 Å². The summed E-state index contributed by atoms with van der Waals surface area (Å²) in [5.74, 6) is -1.32. The highest BCUT2D eigenvalue weighted by Crippen LogP contribution is 2.37. The van der Waals surface area contributed by atoms with Gasteiger partial charge in [0.1, 0.15) is 11.6 Å². The standard InChI is InChI=1S/C13H13ClFNO/c1-2-7-6-10(16)11(13(7)17)8-4-3-5-9(15)12(8)14/h3-5,7,11,16H,2,6H2,1H3. The van der Waals surface area contributed by atoms with E-state index in [1.165, 1.54) is 12.1 Å². The fourth-order valence-corrected chi connectivity index (χ4v) is 2.56. The van der Waals surface area contributed by atoms with Crippen LogP contribution in [0.3, 0.4) is 0 Å². The molecule has 4 heteroatoms. The van der Waals surface area contributed by atoms with Crippen molar-refractivity contribution >= 4 is 23.1 Å². The number of hydrogen-bond acceptors (Lipinski definition) is 2. The van der Waals surface area contributed by atoms with Crippen LogP contribution in [0.15, 0.2) is 18.2 Å². The van der Waals surface area contributed by atoms with Gasteiger partial charge >= 0.3 is 0 Å². The van der Waals surface area contributed by atoms with E-state index in [1.54, 1.807) is 6.07 Å².